The molecule has 0 saturated heterocycles. The molecule has 1 heterocycles. The van der Waals surface area contributed by atoms with Crippen LogP contribution in [-0.2, 0) is 6.42 Å². The lowest BCUT2D eigenvalue weighted by Gasteiger charge is -2.40. The lowest BCUT2D eigenvalue weighted by molar-refractivity contribution is 0.307. The van der Waals surface area contributed by atoms with Crippen LogP contribution >= 0.6 is 0 Å². The molecule has 0 N–H and O–H groups in total. The van der Waals surface area contributed by atoms with Crippen LogP contribution in [0.25, 0.3) is 0 Å². The van der Waals surface area contributed by atoms with Crippen LogP contribution in [0.3, 0.4) is 0 Å². The highest BCUT2D eigenvalue weighted by Gasteiger charge is 2.32. The van der Waals surface area contributed by atoms with Gasteiger partial charge in [0, 0.05) is 18.3 Å². The van der Waals surface area contributed by atoms with Crippen LogP contribution in [0, 0.1) is 11.8 Å². The highest BCUT2D eigenvalue weighted by molar-refractivity contribution is 5.55. The van der Waals surface area contributed by atoms with E-state index in [9.17, 15) is 0 Å². The van der Waals surface area contributed by atoms with Gasteiger partial charge in [-0.3, -0.25) is 0 Å². The van der Waals surface area contributed by atoms with Crippen molar-refractivity contribution >= 4 is 5.69 Å². The molecule has 2 unspecified atom stereocenters. The number of nitrogens with zero attached hydrogens (tertiary/aromatic N) is 1. The Morgan fingerprint density at radius 3 is 2.50 bits per heavy atom. The predicted molar refractivity (Wildman–Crippen MR) is 108 cm³/mol. The Hall–Kier alpha value is -0.980. The van der Waals surface area contributed by atoms with Gasteiger partial charge in [-0.1, -0.05) is 84.4 Å². The number of hydrogen-bond donors (Lipinski definition) is 0. The number of hydrogen-bond acceptors (Lipinski definition) is 1. The third-order valence-electron chi connectivity index (χ3n) is 6.09. The van der Waals surface area contributed by atoms with Crippen molar-refractivity contribution in [3.63, 3.8) is 0 Å². The Bertz CT molecular complexity index is 467. The Balaban J connectivity index is 2.10. The quantitative estimate of drug-likeness (QED) is 0.448. The van der Waals surface area contributed by atoms with Crippen LogP contribution in [0.5, 0.6) is 0 Å². The highest BCUT2D eigenvalue weighted by atomic mass is 15.2. The van der Waals surface area contributed by atoms with Gasteiger partial charge in [-0.05, 0) is 42.7 Å². The molecular formula is C23H39N. The molecule has 0 bridgehead atoms. The Morgan fingerprint density at radius 1 is 1.04 bits per heavy atom. The number of fused-ring (bicyclic) bond motifs is 1. The molecule has 1 aromatic carbocycles. The zero-order valence-electron chi connectivity index (χ0n) is 16.6. The largest absolute Gasteiger partial charge is 0.368 e. The highest BCUT2D eigenvalue weighted by Crippen LogP contribution is 2.36. The molecule has 0 spiro atoms. The smallest absolute Gasteiger partial charge is 0.0401 e. The fourth-order valence-corrected chi connectivity index (χ4v) is 4.47. The summed E-state index contributed by atoms with van der Waals surface area (Å²) in [5.74, 6) is 1.55. The van der Waals surface area contributed by atoms with Gasteiger partial charge < -0.3 is 4.90 Å². The summed E-state index contributed by atoms with van der Waals surface area (Å²) in [6.45, 7) is 10.8. The molecule has 0 radical (unpaired) electrons. The van der Waals surface area contributed by atoms with Crippen molar-refractivity contribution in [3.8, 4) is 0 Å². The Morgan fingerprint density at radius 2 is 1.75 bits per heavy atom. The fourth-order valence-electron chi connectivity index (χ4n) is 4.47. The van der Waals surface area contributed by atoms with Gasteiger partial charge in [-0.15, -0.1) is 0 Å². The molecule has 1 nitrogen and oxygen atoms in total. The van der Waals surface area contributed by atoms with Crippen molar-refractivity contribution < 1.29 is 0 Å². The summed E-state index contributed by atoms with van der Waals surface area (Å²) in [4.78, 5) is 2.79. The second-order valence-electron chi connectivity index (χ2n) is 7.98. The molecule has 3 atom stereocenters. The number of para-hydroxylation sites is 1. The summed E-state index contributed by atoms with van der Waals surface area (Å²) in [5.41, 5.74) is 3.10. The van der Waals surface area contributed by atoms with E-state index in [0.29, 0.717) is 6.04 Å². The molecule has 1 aliphatic heterocycles. The topological polar surface area (TPSA) is 3.24 Å². The minimum atomic E-state index is 0.703. The van der Waals surface area contributed by atoms with E-state index in [1.165, 1.54) is 70.0 Å². The number of benzene rings is 1. The van der Waals surface area contributed by atoms with E-state index in [1.54, 1.807) is 5.56 Å². The van der Waals surface area contributed by atoms with Gasteiger partial charge in [0.2, 0.25) is 0 Å². The van der Waals surface area contributed by atoms with Gasteiger partial charge in [0.25, 0.3) is 0 Å². The third kappa shape index (κ3) is 5.01. The Labute approximate surface area is 150 Å². The first kappa shape index (κ1) is 19.3. The zero-order chi connectivity index (χ0) is 17.4. The lowest BCUT2D eigenvalue weighted by Crippen LogP contribution is -2.44. The van der Waals surface area contributed by atoms with Crippen LogP contribution in [0.4, 0.5) is 5.69 Å². The van der Waals surface area contributed by atoms with Crippen molar-refractivity contribution in [2.24, 2.45) is 11.8 Å². The average molecular weight is 330 g/mol. The van der Waals surface area contributed by atoms with Crippen LogP contribution in [-0.4, -0.2) is 12.6 Å². The van der Waals surface area contributed by atoms with Gasteiger partial charge in [0.05, 0.1) is 0 Å². The minimum absolute atomic E-state index is 0.703. The normalized spacial score (nSPS) is 22.1. The maximum Gasteiger partial charge on any atom is 0.0401 e. The molecule has 24 heavy (non-hydrogen) atoms. The number of anilines is 1. The number of rotatable bonds is 9. The van der Waals surface area contributed by atoms with Crippen LogP contribution in [0.1, 0.15) is 84.6 Å². The molecule has 1 aromatic rings. The van der Waals surface area contributed by atoms with Crippen molar-refractivity contribution in [3.05, 3.63) is 29.8 Å². The molecular weight excluding hydrogens is 290 g/mol. The molecule has 0 aromatic heterocycles. The summed E-state index contributed by atoms with van der Waals surface area (Å²) < 4.78 is 0. The van der Waals surface area contributed by atoms with E-state index in [0.717, 1.165) is 11.8 Å². The van der Waals surface area contributed by atoms with Crippen molar-refractivity contribution in [1.82, 2.24) is 0 Å². The van der Waals surface area contributed by atoms with Gasteiger partial charge >= 0.3 is 0 Å². The summed E-state index contributed by atoms with van der Waals surface area (Å²) in [5, 5.41) is 0. The molecule has 0 amide bonds. The predicted octanol–water partition coefficient (Wildman–Crippen LogP) is 6.85. The van der Waals surface area contributed by atoms with E-state index < -0.39 is 0 Å². The van der Waals surface area contributed by atoms with Gasteiger partial charge in [-0.2, -0.15) is 0 Å². The molecule has 1 heteroatoms. The number of unbranched alkanes of at least 4 members (excludes halogenated alkanes) is 5. The van der Waals surface area contributed by atoms with Gasteiger partial charge in [0.1, 0.15) is 0 Å². The molecule has 0 fully saturated rings. The number of aryl methyl sites for hydroxylation is 1. The monoisotopic (exact) mass is 329 g/mol. The van der Waals surface area contributed by atoms with Crippen LogP contribution < -0.4 is 4.90 Å². The van der Waals surface area contributed by atoms with Crippen LogP contribution in [0.2, 0.25) is 0 Å². The Kier molecular flexibility index (Phi) is 8.15. The molecule has 0 aliphatic carbocycles. The first-order valence-electron chi connectivity index (χ1n) is 10.5. The maximum atomic E-state index is 2.79. The summed E-state index contributed by atoms with van der Waals surface area (Å²) in [6, 6.07) is 9.89. The summed E-state index contributed by atoms with van der Waals surface area (Å²) in [6.07, 6.45) is 12.2. The van der Waals surface area contributed by atoms with E-state index >= 15 is 0 Å². The first-order chi connectivity index (χ1) is 11.7. The molecule has 1 aliphatic rings. The average Bonchev–Trinajstić information content (AvgIpc) is 2.74. The van der Waals surface area contributed by atoms with Crippen molar-refractivity contribution in [1.29, 1.82) is 0 Å². The fraction of sp³-hybridized carbons (Fsp3) is 0.739. The second-order valence-corrected chi connectivity index (χ2v) is 7.98. The van der Waals surface area contributed by atoms with E-state index in [1.807, 2.05) is 0 Å². The zero-order valence-corrected chi connectivity index (χ0v) is 16.6. The molecule has 136 valence electrons. The van der Waals surface area contributed by atoms with Crippen molar-refractivity contribution in [2.75, 3.05) is 11.4 Å². The molecule has 0 saturated carbocycles. The lowest BCUT2D eigenvalue weighted by atomic mass is 9.85. The maximum absolute atomic E-state index is 2.79. The van der Waals surface area contributed by atoms with Crippen LogP contribution in [0.15, 0.2) is 24.3 Å². The van der Waals surface area contributed by atoms with E-state index in [4.69, 9.17) is 0 Å². The first-order valence-corrected chi connectivity index (χ1v) is 10.5. The SMILES string of the molecule is CCCCCCCCN1c2ccccc2CCC(C)[C@H]1C(C)CC. The molecule has 2 rings (SSSR count). The summed E-state index contributed by atoms with van der Waals surface area (Å²) in [7, 11) is 0. The van der Waals surface area contributed by atoms with Crippen molar-refractivity contribution in [2.45, 2.75) is 91.5 Å². The van der Waals surface area contributed by atoms with Gasteiger partial charge in [0.15, 0.2) is 0 Å². The third-order valence-corrected chi connectivity index (χ3v) is 6.09. The summed E-state index contributed by atoms with van der Waals surface area (Å²) >= 11 is 0. The van der Waals surface area contributed by atoms with Gasteiger partial charge in [-0.25, -0.2) is 0 Å². The minimum Gasteiger partial charge on any atom is -0.368 e. The second kappa shape index (κ2) is 10.1. The van der Waals surface area contributed by atoms with E-state index in [-0.39, 0.29) is 0 Å². The van der Waals surface area contributed by atoms with E-state index in [2.05, 4.69) is 56.9 Å². The standard InChI is InChI=1S/C23H39N/c1-5-7-8-9-10-13-18-24-22-15-12-11-14-21(22)17-16-20(4)23(24)19(3)6-2/h11-12,14-15,19-20,23H,5-10,13,16-18H2,1-4H3/t19?,20?,23-/m1/s1.